The summed E-state index contributed by atoms with van der Waals surface area (Å²) in [6.45, 7) is 7.88. The number of nitrogens with zero attached hydrogens (tertiary/aromatic N) is 2. The fraction of sp³-hybridized carbons (Fsp3) is 0.692. The number of rotatable bonds is 6. The molecule has 1 heterocycles. The molecule has 18 heavy (non-hydrogen) atoms. The molecule has 0 amide bonds. The van der Waals surface area contributed by atoms with Crippen LogP contribution in [0.2, 0.25) is 0 Å². The van der Waals surface area contributed by atoms with Crippen molar-refractivity contribution < 1.29 is 4.52 Å². The zero-order chi connectivity index (χ0) is 13.4. The molecule has 0 unspecified atom stereocenters. The lowest BCUT2D eigenvalue weighted by molar-refractivity contribution is 0.392. The van der Waals surface area contributed by atoms with Crippen LogP contribution in [-0.2, 0) is 6.42 Å². The zero-order valence-electron chi connectivity index (χ0n) is 11.8. The smallest absolute Gasteiger partial charge is 0.190 e. The zero-order valence-corrected chi connectivity index (χ0v) is 11.8. The predicted molar refractivity (Wildman–Crippen MR) is 74.0 cm³/mol. The quantitative estimate of drug-likeness (QED) is 0.460. The molecule has 0 aliphatic rings. The van der Waals surface area contributed by atoms with Crippen molar-refractivity contribution in [2.75, 3.05) is 20.1 Å². The molecule has 0 aliphatic heterocycles. The number of aliphatic imine (C=N–C) groups is 1. The molecule has 1 aromatic heterocycles. The lowest BCUT2D eigenvalue weighted by Crippen LogP contribution is -2.38. The van der Waals surface area contributed by atoms with Crippen molar-refractivity contribution in [1.82, 2.24) is 15.8 Å². The minimum absolute atomic E-state index is 0.828. The Hall–Kier alpha value is -1.52. The molecule has 0 fully saturated rings. The Morgan fingerprint density at radius 2 is 2.00 bits per heavy atom. The molecule has 0 bridgehead atoms. The van der Waals surface area contributed by atoms with Gasteiger partial charge in [0.25, 0.3) is 0 Å². The molecule has 0 aliphatic carbocycles. The summed E-state index contributed by atoms with van der Waals surface area (Å²) in [5.41, 5.74) is 2.16. The Labute approximate surface area is 109 Å². The standard InChI is InChI=1S/C13H24N4O/c1-5-6-8-15-13(14-4)16-9-7-12-10(2)17-18-11(12)3/h5-9H2,1-4H3,(H2,14,15,16). The van der Waals surface area contributed by atoms with Gasteiger partial charge in [0.15, 0.2) is 5.96 Å². The Morgan fingerprint density at radius 3 is 2.56 bits per heavy atom. The molecular formula is C13H24N4O. The van der Waals surface area contributed by atoms with Gasteiger partial charge < -0.3 is 15.2 Å². The van der Waals surface area contributed by atoms with Gasteiger partial charge in [-0.25, -0.2) is 0 Å². The molecule has 5 nitrogen and oxygen atoms in total. The third-order valence-electron chi connectivity index (χ3n) is 2.90. The van der Waals surface area contributed by atoms with E-state index < -0.39 is 0 Å². The Morgan fingerprint density at radius 1 is 1.28 bits per heavy atom. The second-order valence-electron chi connectivity index (χ2n) is 4.33. The maximum absolute atomic E-state index is 5.13. The van der Waals surface area contributed by atoms with E-state index in [1.165, 1.54) is 12.0 Å². The second-order valence-corrected chi connectivity index (χ2v) is 4.33. The molecule has 1 aromatic rings. The van der Waals surface area contributed by atoms with Crippen molar-refractivity contribution >= 4 is 5.96 Å². The van der Waals surface area contributed by atoms with E-state index in [4.69, 9.17) is 4.52 Å². The van der Waals surface area contributed by atoms with Crippen LogP contribution >= 0.6 is 0 Å². The molecule has 5 heteroatoms. The van der Waals surface area contributed by atoms with Gasteiger partial charge in [0.05, 0.1) is 5.69 Å². The van der Waals surface area contributed by atoms with Gasteiger partial charge in [0.1, 0.15) is 5.76 Å². The average Bonchev–Trinajstić information content (AvgIpc) is 2.68. The minimum atomic E-state index is 0.828. The van der Waals surface area contributed by atoms with Gasteiger partial charge >= 0.3 is 0 Å². The van der Waals surface area contributed by atoms with E-state index in [9.17, 15) is 0 Å². The molecule has 1 rings (SSSR count). The highest BCUT2D eigenvalue weighted by molar-refractivity contribution is 5.79. The van der Waals surface area contributed by atoms with E-state index in [1.54, 1.807) is 7.05 Å². The summed E-state index contributed by atoms with van der Waals surface area (Å²) in [5, 5.41) is 10.5. The first-order chi connectivity index (χ1) is 8.69. The van der Waals surface area contributed by atoms with Crippen LogP contribution in [0, 0.1) is 13.8 Å². The van der Waals surface area contributed by atoms with E-state index in [1.807, 2.05) is 13.8 Å². The van der Waals surface area contributed by atoms with E-state index in [-0.39, 0.29) is 0 Å². The van der Waals surface area contributed by atoms with Crippen LogP contribution in [0.15, 0.2) is 9.52 Å². The lowest BCUT2D eigenvalue weighted by atomic mass is 10.1. The van der Waals surface area contributed by atoms with Crippen molar-refractivity contribution in [1.29, 1.82) is 0 Å². The Balaban J connectivity index is 2.32. The lowest BCUT2D eigenvalue weighted by Gasteiger charge is -2.11. The molecule has 0 saturated carbocycles. The second kappa shape index (κ2) is 7.74. The number of unbranched alkanes of at least 4 members (excludes halogenated alkanes) is 1. The summed E-state index contributed by atoms with van der Waals surface area (Å²) in [5.74, 6) is 1.76. The monoisotopic (exact) mass is 252 g/mol. The molecule has 0 atom stereocenters. The number of hydrogen-bond donors (Lipinski definition) is 2. The summed E-state index contributed by atoms with van der Waals surface area (Å²) >= 11 is 0. The molecule has 0 aromatic carbocycles. The minimum Gasteiger partial charge on any atom is -0.361 e. The maximum atomic E-state index is 5.13. The van der Waals surface area contributed by atoms with Gasteiger partial charge in [-0.3, -0.25) is 4.99 Å². The summed E-state index contributed by atoms with van der Waals surface area (Å²) in [6, 6.07) is 0. The van der Waals surface area contributed by atoms with Gasteiger partial charge in [-0.2, -0.15) is 0 Å². The topological polar surface area (TPSA) is 62.5 Å². The van der Waals surface area contributed by atoms with Crippen molar-refractivity contribution in [3.63, 3.8) is 0 Å². The first-order valence-corrected chi connectivity index (χ1v) is 6.55. The number of aromatic nitrogens is 1. The van der Waals surface area contributed by atoms with E-state index in [0.717, 1.165) is 43.3 Å². The fourth-order valence-corrected chi connectivity index (χ4v) is 1.77. The van der Waals surface area contributed by atoms with Gasteiger partial charge in [-0.15, -0.1) is 0 Å². The summed E-state index contributed by atoms with van der Waals surface area (Å²) in [4.78, 5) is 4.18. The van der Waals surface area contributed by atoms with E-state index in [2.05, 4.69) is 27.7 Å². The van der Waals surface area contributed by atoms with Gasteiger partial charge in [0, 0.05) is 25.7 Å². The third-order valence-corrected chi connectivity index (χ3v) is 2.90. The summed E-state index contributed by atoms with van der Waals surface area (Å²) in [6.07, 6.45) is 3.24. The molecular weight excluding hydrogens is 228 g/mol. The molecule has 102 valence electrons. The summed E-state index contributed by atoms with van der Waals surface area (Å²) < 4.78 is 5.13. The van der Waals surface area contributed by atoms with Crippen LogP contribution in [-0.4, -0.2) is 31.3 Å². The fourth-order valence-electron chi connectivity index (χ4n) is 1.77. The van der Waals surface area contributed by atoms with E-state index in [0.29, 0.717) is 0 Å². The molecule has 0 spiro atoms. The van der Waals surface area contributed by atoms with Crippen LogP contribution in [0.3, 0.4) is 0 Å². The average molecular weight is 252 g/mol. The summed E-state index contributed by atoms with van der Waals surface area (Å²) in [7, 11) is 1.79. The van der Waals surface area contributed by atoms with Crippen LogP contribution in [0.1, 0.15) is 36.8 Å². The Bertz CT molecular complexity index is 365. The first kappa shape index (κ1) is 14.5. The maximum Gasteiger partial charge on any atom is 0.190 e. The highest BCUT2D eigenvalue weighted by atomic mass is 16.5. The van der Waals surface area contributed by atoms with Crippen molar-refractivity contribution in [2.45, 2.75) is 40.0 Å². The molecule has 2 N–H and O–H groups in total. The largest absolute Gasteiger partial charge is 0.361 e. The van der Waals surface area contributed by atoms with Crippen molar-refractivity contribution in [2.24, 2.45) is 4.99 Å². The SMILES string of the molecule is CCCCNC(=NC)NCCc1c(C)noc1C. The van der Waals surface area contributed by atoms with Crippen LogP contribution in [0.5, 0.6) is 0 Å². The van der Waals surface area contributed by atoms with Crippen molar-refractivity contribution in [3.05, 3.63) is 17.0 Å². The van der Waals surface area contributed by atoms with Crippen molar-refractivity contribution in [3.8, 4) is 0 Å². The normalized spacial score (nSPS) is 11.7. The molecule has 0 radical (unpaired) electrons. The number of nitrogens with one attached hydrogen (secondary N) is 2. The number of hydrogen-bond acceptors (Lipinski definition) is 3. The van der Waals surface area contributed by atoms with E-state index >= 15 is 0 Å². The van der Waals surface area contributed by atoms with Crippen LogP contribution < -0.4 is 10.6 Å². The first-order valence-electron chi connectivity index (χ1n) is 6.55. The van der Waals surface area contributed by atoms with Crippen LogP contribution in [0.25, 0.3) is 0 Å². The third kappa shape index (κ3) is 4.39. The molecule has 0 saturated heterocycles. The Kier molecular flexibility index (Phi) is 6.25. The van der Waals surface area contributed by atoms with Crippen LogP contribution in [0.4, 0.5) is 0 Å². The van der Waals surface area contributed by atoms with Gasteiger partial charge in [-0.1, -0.05) is 18.5 Å². The number of aryl methyl sites for hydroxylation is 2. The number of guanidine groups is 1. The predicted octanol–water partition coefficient (Wildman–Crippen LogP) is 1.80. The highest BCUT2D eigenvalue weighted by Crippen LogP contribution is 2.11. The van der Waals surface area contributed by atoms with Gasteiger partial charge in [-0.05, 0) is 26.7 Å². The highest BCUT2D eigenvalue weighted by Gasteiger charge is 2.08. The van der Waals surface area contributed by atoms with Gasteiger partial charge in [0.2, 0.25) is 0 Å².